The van der Waals surface area contributed by atoms with Gasteiger partial charge in [0, 0.05) is 6.08 Å². The van der Waals surface area contributed by atoms with Gasteiger partial charge in [-0.2, -0.15) is 0 Å². The number of fused-ring (bicyclic) bond motifs is 3. The lowest BCUT2D eigenvalue weighted by Crippen LogP contribution is -2.43. The molecule has 0 heterocycles. The van der Waals surface area contributed by atoms with Gasteiger partial charge < -0.3 is 14.2 Å². The highest BCUT2D eigenvalue weighted by atomic mass is 16.9. The zero-order valence-corrected chi connectivity index (χ0v) is 19.0. The minimum absolute atomic E-state index is 0.521. The number of hydrogen-bond donors (Lipinski definition) is 0. The Morgan fingerprint density at radius 3 is 1.56 bits per heavy atom. The molecule has 0 spiro atoms. The number of hydrogen-bond acceptors (Lipinski definition) is 4. The van der Waals surface area contributed by atoms with Crippen LogP contribution in [0.1, 0.15) is 18.1 Å². The van der Waals surface area contributed by atoms with E-state index >= 15 is 0 Å². The second kappa shape index (κ2) is 10.5. The van der Waals surface area contributed by atoms with Crippen molar-refractivity contribution in [3.05, 3.63) is 133 Å². The molecule has 0 saturated heterocycles. The quantitative estimate of drug-likeness (QED) is 0.162. The third kappa shape index (κ3) is 5.73. The Labute approximate surface area is 200 Å². The van der Waals surface area contributed by atoms with Crippen molar-refractivity contribution in [3.63, 3.8) is 0 Å². The Hall–Kier alpha value is -4.31. The van der Waals surface area contributed by atoms with Crippen molar-refractivity contribution < 1.29 is 19.0 Å². The van der Waals surface area contributed by atoms with Gasteiger partial charge in [-0.25, -0.2) is 4.79 Å². The van der Waals surface area contributed by atoms with Crippen molar-refractivity contribution in [3.8, 4) is 22.6 Å². The molecule has 0 aromatic heterocycles. The smallest absolute Gasteiger partial charge is 0.416 e. The number of carbonyl (C=O) groups is 1. The molecule has 4 heteroatoms. The predicted octanol–water partition coefficient (Wildman–Crippen LogP) is 6.81. The molecule has 34 heavy (non-hydrogen) atoms. The van der Waals surface area contributed by atoms with E-state index in [9.17, 15) is 4.79 Å². The Morgan fingerprint density at radius 1 is 0.706 bits per heavy atom. The topological polar surface area (TPSA) is 44.8 Å². The fraction of sp³-hybridized carbons (Fsp3) is 0.100. The molecule has 0 saturated carbocycles. The maximum Gasteiger partial charge on any atom is 0.416 e. The van der Waals surface area contributed by atoms with E-state index in [1.807, 2.05) is 36.4 Å². The first-order chi connectivity index (χ1) is 16.6. The molecular weight excluding hydrogens is 424 g/mol. The lowest BCUT2D eigenvalue weighted by atomic mass is 10.1. The minimum atomic E-state index is -1.59. The van der Waals surface area contributed by atoms with Crippen LogP contribution in [-0.2, 0) is 16.0 Å². The van der Waals surface area contributed by atoms with Crippen molar-refractivity contribution in [2.45, 2.75) is 19.3 Å². The minimum Gasteiger partial charge on any atom is -0.421 e. The van der Waals surface area contributed by atoms with Gasteiger partial charge in [-0.3, -0.25) is 0 Å². The van der Waals surface area contributed by atoms with Crippen LogP contribution in [0.5, 0.6) is 11.5 Å². The molecule has 0 fully saturated rings. The summed E-state index contributed by atoms with van der Waals surface area (Å²) in [5.41, 5.74) is 5.75. The number of esters is 1. The molecule has 0 unspecified atom stereocenters. The number of para-hydroxylation sites is 2. The fourth-order valence-corrected chi connectivity index (χ4v) is 3.77. The first-order valence-electron chi connectivity index (χ1n) is 11.1. The van der Waals surface area contributed by atoms with Gasteiger partial charge in [-0.15, -0.1) is 0 Å². The van der Waals surface area contributed by atoms with Gasteiger partial charge in [-0.05, 0) is 52.9 Å². The van der Waals surface area contributed by atoms with Crippen LogP contribution in [0.15, 0.2) is 122 Å². The van der Waals surface area contributed by atoms with Crippen molar-refractivity contribution in [2.75, 3.05) is 0 Å². The summed E-state index contributed by atoms with van der Waals surface area (Å²) < 4.78 is 16.5. The van der Waals surface area contributed by atoms with Crippen LogP contribution in [0.25, 0.3) is 11.1 Å². The van der Waals surface area contributed by atoms with E-state index < -0.39 is 11.9 Å². The molecule has 4 nitrogen and oxygen atoms in total. The Balaban J connectivity index is 0.000000178. The Bertz CT molecular complexity index is 1160. The normalized spacial score (nSPS) is 11.2. The van der Waals surface area contributed by atoms with E-state index in [0.29, 0.717) is 11.5 Å². The van der Waals surface area contributed by atoms with E-state index in [-0.39, 0.29) is 0 Å². The van der Waals surface area contributed by atoms with Gasteiger partial charge in [0.25, 0.3) is 0 Å². The van der Waals surface area contributed by atoms with Crippen LogP contribution in [0, 0.1) is 0 Å². The van der Waals surface area contributed by atoms with Crippen LogP contribution in [0.4, 0.5) is 0 Å². The largest absolute Gasteiger partial charge is 0.421 e. The summed E-state index contributed by atoms with van der Waals surface area (Å²) in [6.45, 7) is 4.90. The average molecular weight is 451 g/mol. The van der Waals surface area contributed by atoms with E-state index in [1.54, 1.807) is 24.3 Å². The molecule has 5 rings (SSSR count). The van der Waals surface area contributed by atoms with E-state index in [1.165, 1.54) is 29.2 Å². The summed E-state index contributed by atoms with van der Waals surface area (Å²) in [5.74, 6) is -1.18. The SMILES string of the molecule is C=CC(=O)OC(C)(Oc1ccccc1)Oc1ccccc1.c1ccc2c(c1)Cc1ccccc1-2. The molecule has 0 N–H and O–H groups in total. The Morgan fingerprint density at radius 2 is 1.12 bits per heavy atom. The summed E-state index contributed by atoms with van der Waals surface area (Å²) in [4.78, 5) is 11.5. The summed E-state index contributed by atoms with van der Waals surface area (Å²) in [6.07, 6.45) is 2.16. The highest BCUT2D eigenvalue weighted by molar-refractivity contribution is 5.81. The molecule has 0 aliphatic heterocycles. The Kier molecular flexibility index (Phi) is 7.09. The highest BCUT2D eigenvalue weighted by Crippen LogP contribution is 2.35. The number of rotatable bonds is 6. The summed E-state index contributed by atoms with van der Waals surface area (Å²) in [6, 6.07) is 35.3. The summed E-state index contributed by atoms with van der Waals surface area (Å²) in [5, 5.41) is 0. The van der Waals surface area contributed by atoms with Gasteiger partial charge >= 0.3 is 11.9 Å². The molecule has 1 aliphatic rings. The standard InChI is InChI=1S/C17H16O4.C13H10/c1-3-16(18)21-17(2,19-14-10-6-4-7-11-14)20-15-12-8-5-9-13-15;1-3-7-12-10(5-1)9-11-6-2-4-8-13(11)12/h3-13H,1H2,2H3;1-8H,9H2. The van der Waals surface area contributed by atoms with Crippen molar-refractivity contribution in [1.29, 1.82) is 0 Å². The van der Waals surface area contributed by atoms with Crippen LogP contribution in [0.3, 0.4) is 0 Å². The molecule has 0 amide bonds. The van der Waals surface area contributed by atoms with E-state index in [0.717, 1.165) is 12.5 Å². The lowest BCUT2D eigenvalue weighted by Gasteiger charge is -2.29. The fourth-order valence-electron chi connectivity index (χ4n) is 3.77. The molecule has 170 valence electrons. The predicted molar refractivity (Wildman–Crippen MR) is 134 cm³/mol. The first kappa shape index (κ1) is 22.9. The zero-order chi connectivity index (χ0) is 23.8. The van der Waals surface area contributed by atoms with Gasteiger partial charge in [0.05, 0.1) is 6.92 Å². The third-order valence-corrected chi connectivity index (χ3v) is 5.25. The van der Waals surface area contributed by atoms with Gasteiger partial charge in [0.2, 0.25) is 0 Å². The maximum atomic E-state index is 11.5. The van der Waals surface area contributed by atoms with Gasteiger partial charge in [-0.1, -0.05) is 91.5 Å². The molecule has 0 bridgehead atoms. The lowest BCUT2D eigenvalue weighted by molar-refractivity contribution is -0.271. The van der Waals surface area contributed by atoms with Crippen LogP contribution in [0.2, 0.25) is 0 Å². The van der Waals surface area contributed by atoms with Crippen molar-refractivity contribution >= 4 is 5.97 Å². The third-order valence-electron chi connectivity index (χ3n) is 5.25. The first-order valence-corrected chi connectivity index (χ1v) is 11.1. The number of carbonyl (C=O) groups excluding carboxylic acids is 1. The van der Waals surface area contributed by atoms with Gasteiger partial charge in [0.1, 0.15) is 11.5 Å². The zero-order valence-electron chi connectivity index (χ0n) is 19.0. The highest BCUT2D eigenvalue weighted by Gasteiger charge is 2.33. The van der Waals surface area contributed by atoms with Crippen molar-refractivity contribution in [2.24, 2.45) is 0 Å². The molecular formula is C30H26O4. The van der Waals surface area contributed by atoms with Gasteiger partial charge in [0.15, 0.2) is 0 Å². The second-order valence-corrected chi connectivity index (χ2v) is 7.81. The summed E-state index contributed by atoms with van der Waals surface area (Å²) in [7, 11) is 0. The molecule has 0 atom stereocenters. The van der Waals surface area contributed by atoms with Crippen LogP contribution in [-0.4, -0.2) is 11.9 Å². The summed E-state index contributed by atoms with van der Waals surface area (Å²) >= 11 is 0. The van der Waals surface area contributed by atoms with E-state index in [4.69, 9.17) is 14.2 Å². The maximum absolute atomic E-state index is 11.5. The molecule has 1 aliphatic carbocycles. The number of benzene rings is 4. The molecule has 4 aromatic rings. The van der Waals surface area contributed by atoms with Crippen LogP contribution >= 0.6 is 0 Å². The van der Waals surface area contributed by atoms with E-state index in [2.05, 4.69) is 55.1 Å². The molecule has 0 radical (unpaired) electrons. The average Bonchev–Trinajstić information content (AvgIpc) is 3.24. The second-order valence-electron chi connectivity index (χ2n) is 7.81. The number of ether oxygens (including phenoxy) is 3. The molecule has 4 aromatic carbocycles. The van der Waals surface area contributed by atoms with Crippen molar-refractivity contribution in [1.82, 2.24) is 0 Å². The van der Waals surface area contributed by atoms with Crippen LogP contribution < -0.4 is 9.47 Å². The monoisotopic (exact) mass is 450 g/mol.